The van der Waals surface area contributed by atoms with Crippen LogP contribution >= 0.6 is 0 Å². The number of nitrogens with one attached hydrogen (secondary N) is 1. The van der Waals surface area contributed by atoms with Gasteiger partial charge in [-0.1, -0.05) is 6.04 Å². The van der Waals surface area contributed by atoms with Gasteiger partial charge in [0, 0.05) is 50.8 Å². The predicted octanol–water partition coefficient (Wildman–Crippen LogP) is 3.14. The van der Waals surface area contributed by atoms with Gasteiger partial charge in [0.05, 0.1) is 18.6 Å². The van der Waals surface area contributed by atoms with Crippen LogP contribution in [0, 0.1) is 13.8 Å². The van der Waals surface area contributed by atoms with Gasteiger partial charge in [-0.15, -0.1) is 0 Å². The summed E-state index contributed by atoms with van der Waals surface area (Å²) >= 11 is 0. The van der Waals surface area contributed by atoms with E-state index >= 15 is 0 Å². The van der Waals surface area contributed by atoms with Crippen molar-refractivity contribution in [2.75, 3.05) is 17.2 Å². The van der Waals surface area contributed by atoms with Gasteiger partial charge < -0.3 is 10.2 Å². The molecular formula is C21H23N7O2S. The molecule has 3 N–H and O–H groups in total. The molecule has 2 heterocycles. The highest BCUT2D eigenvalue weighted by Gasteiger charge is 2.14. The number of benzene rings is 2. The molecule has 2 aromatic heterocycles. The van der Waals surface area contributed by atoms with Crippen molar-refractivity contribution >= 4 is 44.1 Å². The third-order valence-electron chi connectivity index (χ3n) is 4.29. The molecular weight excluding hydrogens is 414 g/mol. The second-order valence-corrected chi connectivity index (χ2v) is 7.92. The standard InChI is InChI=1S/C21H23N7O2S/c1-13-5-6-15(11-19(13)31(22,29)30)24-21-23-10-9-20(25-21)27(3)16-7-8-17-14(2)28(4)26-18(17)12-16/h5-12H,1-4H3,(H2,22,29,30)(H,23,24,25)/i3D3,4D3,5D,6D,9D,10D,11D,12D. The van der Waals surface area contributed by atoms with Gasteiger partial charge >= 0.3 is 0 Å². The van der Waals surface area contributed by atoms with E-state index in [0.717, 1.165) is 4.68 Å². The Labute approximate surface area is 197 Å². The van der Waals surface area contributed by atoms with E-state index in [1.807, 2.05) is 0 Å². The van der Waals surface area contributed by atoms with Gasteiger partial charge in [-0.25, -0.2) is 18.5 Å². The fourth-order valence-electron chi connectivity index (χ4n) is 2.73. The van der Waals surface area contributed by atoms with Gasteiger partial charge in [0.15, 0.2) is 0 Å². The van der Waals surface area contributed by atoms with Crippen LogP contribution in [0.2, 0.25) is 0 Å². The Balaban J connectivity index is 1.95. The Morgan fingerprint density at radius 2 is 2.06 bits per heavy atom. The third-order valence-corrected chi connectivity index (χ3v) is 5.26. The number of aryl methyl sites for hydroxylation is 2. The molecule has 4 rings (SSSR count). The summed E-state index contributed by atoms with van der Waals surface area (Å²) in [5.41, 5.74) is -1.17. The van der Waals surface area contributed by atoms with Crippen molar-refractivity contribution < 1.29 is 24.9 Å². The number of primary sulfonamides is 1. The van der Waals surface area contributed by atoms with E-state index in [9.17, 15) is 8.42 Å². The van der Waals surface area contributed by atoms with Crippen LogP contribution in [-0.2, 0) is 17.0 Å². The lowest BCUT2D eigenvalue weighted by Crippen LogP contribution is -2.14. The maximum Gasteiger partial charge on any atom is 0.238 e. The van der Waals surface area contributed by atoms with Crippen LogP contribution in [0.1, 0.15) is 27.7 Å². The van der Waals surface area contributed by atoms with Gasteiger partial charge in [-0.05, 0) is 55.7 Å². The number of nitrogens with zero attached hydrogens (tertiary/aromatic N) is 5. The third kappa shape index (κ3) is 4.07. The van der Waals surface area contributed by atoms with Crippen LogP contribution in [0.25, 0.3) is 10.9 Å². The Morgan fingerprint density at radius 3 is 2.81 bits per heavy atom. The molecule has 10 heteroatoms. The summed E-state index contributed by atoms with van der Waals surface area (Å²) in [5, 5.41) is 11.8. The van der Waals surface area contributed by atoms with E-state index in [2.05, 4.69) is 20.4 Å². The highest BCUT2D eigenvalue weighted by atomic mass is 32.2. The molecule has 0 radical (unpaired) electrons. The highest BCUT2D eigenvalue weighted by Crippen LogP contribution is 2.28. The van der Waals surface area contributed by atoms with Gasteiger partial charge in [0.25, 0.3) is 0 Å². The zero-order valence-electron chi connectivity index (χ0n) is 28.2. The van der Waals surface area contributed by atoms with Crippen molar-refractivity contribution in [3.8, 4) is 0 Å². The largest absolute Gasteiger partial charge is 0.329 e. The molecule has 0 amide bonds. The first-order valence-electron chi connectivity index (χ1n) is 14.6. The predicted molar refractivity (Wildman–Crippen MR) is 121 cm³/mol. The van der Waals surface area contributed by atoms with Gasteiger partial charge in [-0.3, -0.25) is 4.68 Å². The summed E-state index contributed by atoms with van der Waals surface area (Å²) < 4.78 is 122. The van der Waals surface area contributed by atoms with E-state index in [1.165, 1.54) is 26.0 Å². The fourth-order valence-corrected chi connectivity index (χ4v) is 3.45. The molecule has 160 valence electrons. The molecule has 0 fully saturated rings. The minimum absolute atomic E-state index is 0.152. The molecule has 0 aliphatic rings. The van der Waals surface area contributed by atoms with E-state index in [1.54, 1.807) is 0 Å². The SMILES string of the molecule is [2H]c1nc(Nc2c([2H])c([2H])c(C)c(S(N)(=O)=O)c2[2H])nc(N(c2ccc3c(C)n(C([2H])([2H])[2H])nc3c2[2H])C([2H])([2H])[2H])c1[2H]. The van der Waals surface area contributed by atoms with E-state index in [0.29, 0.717) is 4.90 Å². The summed E-state index contributed by atoms with van der Waals surface area (Å²) in [4.78, 5) is 7.48. The van der Waals surface area contributed by atoms with Gasteiger partial charge in [0.2, 0.25) is 16.0 Å². The minimum Gasteiger partial charge on any atom is -0.329 e. The first kappa shape index (κ1) is 10.7. The van der Waals surface area contributed by atoms with Crippen LogP contribution in [-0.4, -0.2) is 35.1 Å². The lowest BCUT2D eigenvalue weighted by molar-refractivity contribution is 0.597. The maximum atomic E-state index is 12.1. The van der Waals surface area contributed by atoms with Crippen molar-refractivity contribution in [3.63, 3.8) is 0 Å². The zero-order chi connectivity index (χ0) is 32.6. The lowest BCUT2D eigenvalue weighted by Gasteiger charge is -2.19. The second-order valence-electron chi connectivity index (χ2n) is 6.42. The van der Waals surface area contributed by atoms with E-state index in [4.69, 9.17) is 21.6 Å². The number of hydrogen-bond donors (Lipinski definition) is 2. The van der Waals surface area contributed by atoms with Crippen LogP contribution in [0.5, 0.6) is 0 Å². The quantitative estimate of drug-likeness (QED) is 0.480. The maximum absolute atomic E-state index is 12.1. The molecule has 0 aliphatic heterocycles. The fraction of sp³-hybridized carbons (Fsp3) is 0.190. The van der Waals surface area contributed by atoms with Crippen LogP contribution in [0.4, 0.5) is 23.1 Å². The summed E-state index contributed by atoms with van der Waals surface area (Å²) in [5.74, 6) is -1.35. The van der Waals surface area contributed by atoms with Crippen molar-refractivity contribution in [1.29, 1.82) is 0 Å². The monoisotopic (exact) mass is 449 g/mol. The molecule has 0 bridgehead atoms. The Bertz CT molecular complexity index is 1910. The number of anilines is 4. The second kappa shape index (κ2) is 7.64. The molecule has 0 atom stereocenters. The van der Waals surface area contributed by atoms with Crippen LogP contribution in [0.15, 0.2) is 53.4 Å². The smallest absolute Gasteiger partial charge is 0.238 e. The number of rotatable bonds is 5. The molecule has 4 aromatic rings. The molecule has 9 nitrogen and oxygen atoms in total. The number of hydrogen-bond acceptors (Lipinski definition) is 7. The van der Waals surface area contributed by atoms with Crippen LogP contribution in [0.3, 0.4) is 0 Å². The molecule has 0 aliphatic carbocycles. The molecule has 31 heavy (non-hydrogen) atoms. The zero-order valence-corrected chi connectivity index (χ0v) is 17.0. The number of aromatic nitrogens is 4. The Morgan fingerprint density at radius 1 is 1.23 bits per heavy atom. The summed E-state index contributed by atoms with van der Waals surface area (Å²) in [6.07, 6.45) is -0.820. The molecule has 0 saturated heterocycles. The Kier molecular flexibility index (Phi) is 2.63. The van der Waals surface area contributed by atoms with E-state index in [-0.39, 0.29) is 27.8 Å². The van der Waals surface area contributed by atoms with Crippen molar-refractivity contribution in [3.05, 3.63) is 59.8 Å². The lowest BCUT2D eigenvalue weighted by atomic mass is 10.2. The van der Waals surface area contributed by atoms with Crippen LogP contribution < -0.4 is 15.4 Å². The van der Waals surface area contributed by atoms with E-state index < -0.39 is 82.7 Å². The number of nitrogens with two attached hydrogens (primary N) is 1. The average Bonchev–Trinajstić information content (AvgIpc) is 3.21. The molecule has 0 saturated carbocycles. The van der Waals surface area contributed by atoms with Crippen molar-refractivity contribution in [1.82, 2.24) is 19.7 Å². The summed E-state index contributed by atoms with van der Waals surface area (Å²) in [6, 6.07) is -0.800. The minimum atomic E-state index is -4.53. The molecule has 0 unspecified atom stereocenters. The summed E-state index contributed by atoms with van der Waals surface area (Å²) in [7, 11) is -4.53. The molecule has 0 spiro atoms. The van der Waals surface area contributed by atoms with Gasteiger partial charge in [-0.2, -0.15) is 10.1 Å². The first-order valence-corrected chi connectivity index (χ1v) is 10.2. The van der Waals surface area contributed by atoms with Crippen molar-refractivity contribution in [2.24, 2.45) is 12.1 Å². The average molecular weight is 450 g/mol. The van der Waals surface area contributed by atoms with Crippen molar-refractivity contribution in [2.45, 2.75) is 18.7 Å². The number of sulfonamides is 1. The Hall–Kier alpha value is -3.50. The number of fused-ring (bicyclic) bond motifs is 1. The van der Waals surface area contributed by atoms with Gasteiger partial charge in [0.1, 0.15) is 5.82 Å². The topological polar surface area (TPSA) is 119 Å². The normalized spacial score (nSPS) is 18.0. The summed E-state index contributed by atoms with van der Waals surface area (Å²) in [6.45, 7) is -3.17. The molecule has 2 aromatic carbocycles. The highest BCUT2D eigenvalue weighted by molar-refractivity contribution is 7.89. The first-order chi connectivity index (χ1) is 19.6.